The van der Waals surface area contributed by atoms with Crippen LogP contribution in [0.2, 0.25) is 0 Å². The average Bonchev–Trinajstić information content (AvgIpc) is 2.78. The van der Waals surface area contributed by atoms with Gasteiger partial charge >= 0.3 is 0 Å². The molecular formula is C13H26N2O2. The van der Waals surface area contributed by atoms with Crippen LogP contribution in [0.1, 0.15) is 40.0 Å². The molecule has 0 aromatic carbocycles. The molecule has 4 heteroatoms. The lowest BCUT2D eigenvalue weighted by Gasteiger charge is -2.19. The van der Waals surface area contributed by atoms with Gasteiger partial charge < -0.3 is 15.4 Å². The SMILES string of the molecule is CC(C)CCNC(=O)CNC(C)C1CCCO1. The zero-order chi connectivity index (χ0) is 12.7. The quantitative estimate of drug-likeness (QED) is 0.707. The third kappa shape index (κ3) is 6.03. The molecule has 0 aliphatic carbocycles. The second kappa shape index (κ2) is 7.67. The Bertz CT molecular complexity index is 225. The van der Waals surface area contributed by atoms with Gasteiger partial charge in [-0.1, -0.05) is 13.8 Å². The van der Waals surface area contributed by atoms with Gasteiger partial charge in [-0.05, 0) is 32.1 Å². The van der Waals surface area contributed by atoms with E-state index in [1.54, 1.807) is 0 Å². The molecule has 1 amide bonds. The molecule has 0 radical (unpaired) electrons. The molecule has 1 saturated heterocycles. The number of nitrogens with one attached hydrogen (secondary N) is 2. The third-order valence-electron chi connectivity index (χ3n) is 3.15. The molecule has 17 heavy (non-hydrogen) atoms. The minimum absolute atomic E-state index is 0.0792. The van der Waals surface area contributed by atoms with Crippen molar-refractivity contribution in [1.82, 2.24) is 10.6 Å². The summed E-state index contributed by atoms with van der Waals surface area (Å²) in [6.07, 6.45) is 3.55. The fourth-order valence-corrected chi connectivity index (χ4v) is 1.94. The van der Waals surface area contributed by atoms with Gasteiger partial charge in [0.15, 0.2) is 0 Å². The summed E-state index contributed by atoms with van der Waals surface area (Å²) in [5.41, 5.74) is 0. The summed E-state index contributed by atoms with van der Waals surface area (Å²) in [6, 6.07) is 0.258. The topological polar surface area (TPSA) is 50.4 Å². The molecule has 0 aromatic heterocycles. The fourth-order valence-electron chi connectivity index (χ4n) is 1.94. The van der Waals surface area contributed by atoms with Crippen molar-refractivity contribution in [3.05, 3.63) is 0 Å². The second-order valence-electron chi connectivity index (χ2n) is 5.25. The number of amides is 1. The van der Waals surface area contributed by atoms with Crippen LogP contribution in [0.25, 0.3) is 0 Å². The summed E-state index contributed by atoms with van der Waals surface area (Å²) >= 11 is 0. The van der Waals surface area contributed by atoms with Gasteiger partial charge in [0.05, 0.1) is 12.6 Å². The Kier molecular flexibility index (Phi) is 6.52. The molecule has 100 valence electrons. The van der Waals surface area contributed by atoms with E-state index in [4.69, 9.17) is 4.74 Å². The molecule has 0 bridgehead atoms. The first kappa shape index (κ1) is 14.5. The molecule has 2 N–H and O–H groups in total. The van der Waals surface area contributed by atoms with E-state index in [-0.39, 0.29) is 18.1 Å². The molecule has 2 atom stereocenters. The summed E-state index contributed by atoms with van der Waals surface area (Å²) in [4.78, 5) is 11.5. The Hall–Kier alpha value is -0.610. The monoisotopic (exact) mass is 242 g/mol. The highest BCUT2D eigenvalue weighted by Crippen LogP contribution is 2.14. The first-order chi connectivity index (χ1) is 8.09. The van der Waals surface area contributed by atoms with Crippen molar-refractivity contribution in [2.45, 2.75) is 52.2 Å². The summed E-state index contributed by atoms with van der Waals surface area (Å²) in [7, 11) is 0. The predicted octanol–water partition coefficient (Wildman–Crippen LogP) is 1.31. The summed E-state index contributed by atoms with van der Waals surface area (Å²) < 4.78 is 5.57. The number of carbonyl (C=O) groups excluding carboxylic acids is 1. The van der Waals surface area contributed by atoms with Crippen LogP contribution in [0.15, 0.2) is 0 Å². The number of rotatable bonds is 7. The van der Waals surface area contributed by atoms with Gasteiger partial charge in [0.1, 0.15) is 0 Å². The van der Waals surface area contributed by atoms with Crippen molar-refractivity contribution >= 4 is 5.91 Å². The van der Waals surface area contributed by atoms with Crippen LogP contribution < -0.4 is 10.6 Å². The zero-order valence-electron chi connectivity index (χ0n) is 11.3. The summed E-state index contributed by atoms with van der Waals surface area (Å²) in [5.74, 6) is 0.713. The van der Waals surface area contributed by atoms with Gasteiger partial charge in [0, 0.05) is 19.2 Å². The maximum absolute atomic E-state index is 11.5. The van der Waals surface area contributed by atoms with Gasteiger partial charge in [0.25, 0.3) is 0 Å². The number of ether oxygens (including phenoxy) is 1. The van der Waals surface area contributed by atoms with Gasteiger partial charge in [-0.2, -0.15) is 0 Å². The van der Waals surface area contributed by atoms with E-state index in [0.29, 0.717) is 12.5 Å². The third-order valence-corrected chi connectivity index (χ3v) is 3.15. The highest BCUT2D eigenvalue weighted by molar-refractivity contribution is 5.77. The van der Waals surface area contributed by atoms with E-state index in [0.717, 1.165) is 32.4 Å². The molecule has 0 aromatic rings. The standard InChI is InChI=1S/C13H26N2O2/c1-10(2)6-7-14-13(16)9-15-11(3)12-5-4-8-17-12/h10-12,15H,4-9H2,1-3H3,(H,14,16). The predicted molar refractivity (Wildman–Crippen MR) is 68.9 cm³/mol. The highest BCUT2D eigenvalue weighted by atomic mass is 16.5. The molecule has 1 aliphatic heterocycles. The van der Waals surface area contributed by atoms with Crippen molar-refractivity contribution in [1.29, 1.82) is 0 Å². The fraction of sp³-hybridized carbons (Fsp3) is 0.923. The van der Waals surface area contributed by atoms with Crippen LogP contribution in [-0.2, 0) is 9.53 Å². The van der Waals surface area contributed by atoms with Gasteiger partial charge in [-0.15, -0.1) is 0 Å². The van der Waals surface area contributed by atoms with Crippen molar-refractivity contribution < 1.29 is 9.53 Å². The smallest absolute Gasteiger partial charge is 0.233 e. The van der Waals surface area contributed by atoms with E-state index in [2.05, 4.69) is 31.4 Å². The Morgan fingerprint density at radius 1 is 1.41 bits per heavy atom. The lowest BCUT2D eigenvalue weighted by Crippen LogP contribution is -2.43. The average molecular weight is 242 g/mol. The van der Waals surface area contributed by atoms with E-state index in [9.17, 15) is 4.79 Å². The van der Waals surface area contributed by atoms with Gasteiger partial charge in [-0.25, -0.2) is 0 Å². The van der Waals surface area contributed by atoms with E-state index >= 15 is 0 Å². The maximum Gasteiger partial charge on any atom is 0.233 e. The molecule has 0 spiro atoms. The van der Waals surface area contributed by atoms with Crippen molar-refractivity contribution in [3.8, 4) is 0 Å². The number of hydrogen-bond acceptors (Lipinski definition) is 3. The van der Waals surface area contributed by atoms with Crippen LogP contribution in [0.4, 0.5) is 0 Å². The van der Waals surface area contributed by atoms with Crippen LogP contribution in [-0.4, -0.2) is 37.7 Å². The molecular weight excluding hydrogens is 216 g/mol. The minimum Gasteiger partial charge on any atom is -0.377 e. The molecule has 0 saturated carbocycles. The van der Waals surface area contributed by atoms with E-state index in [1.807, 2.05) is 0 Å². The maximum atomic E-state index is 11.5. The highest BCUT2D eigenvalue weighted by Gasteiger charge is 2.22. The Labute approximate surface area is 104 Å². The van der Waals surface area contributed by atoms with Crippen LogP contribution in [0.3, 0.4) is 0 Å². The molecule has 1 fully saturated rings. The van der Waals surface area contributed by atoms with Crippen LogP contribution >= 0.6 is 0 Å². The van der Waals surface area contributed by atoms with Crippen molar-refractivity contribution in [3.63, 3.8) is 0 Å². The van der Waals surface area contributed by atoms with Crippen LogP contribution in [0, 0.1) is 5.92 Å². The van der Waals surface area contributed by atoms with Gasteiger partial charge in [-0.3, -0.25) is 4.79 Å². The minimum atomic E-state index is 0.0792. The first-order valence-corrected chi connectivity index (χ1v) is 6.71. The number of hydrogen-bond donors (Lipinski definition) is 2. The Morgan fingerprint density at radius 2 is 2.18 bits per heavy atom. The van der Waals surface area contributed by atoms with Crippen molar-refractivity contribution in [2.75, 3.05) is 19.7 Å². The Balaban J connectivity index is 2.06. The second-order valence-corrected chi connectivity index (χ2v) is 5.25. The van der Waals surface area contributed by atoms with Gasteiger partial charge in [0.2, 0.25) is 5.91 Å². The van der Waals surface area contributed by atoms with Crippen molar-refractivity contribution in [2.24, 2.45) is 5.92 Å². The molecule has 4 nitrogen and oxygen atoms in total. The molecule has 1 aliphatic rings. The van der Waals surface area contributed by atoms with Crippen LogP contribution in [0.5, 0.6) is 0 Å². The first-order valence-electron chi connectivity index (χ1n) is 6.71. The summed E-state index contributed by atoms with van der Waals surface area (Å²) in [6.45, 7) is 8.41. The lowest BCUT2D eigenvalue weighted by atomic mass is 10.1. The Morgan fingerprint density at radius 3 is 2.76 bits per heavy atom. The largest absolute Gasteiger partial charge is 0.377 e. The zero-order valence-corrected chi connectivity index (χ0v) is 11.3. The summed E-state index contributed by atoms with van der Waals surface area (Å²) in [5, 5.41) is 6.14. The normalized spacial score (nSPS) is 21.8. The lowest BCUT2D eigenvalue weighted by molar-refractivity contribution is -0.120. The molecule has 1 rings (SSSR count). The molecule has 2 unspecified atom stereocenters. The number of carbonyl (C=O) groups is 1. The molecule has 1 heterocycles. The van der Waals surface area contributed by atoms with E-state index in [1.165, 1.54) is 0 Å². The van der Waals surface area contributed by atoms with E-state index < -0.39 is 0 Å².